The van der Waals surface area contributed by atoms with Gasteiger partial charge in [-0.3, -0.25) is 9.59 Å². The fraction of sp³-hybridized carbons (Fsp3) is 0.185. The van der Waals surface area contributed by atoms with Crippen LogP contribution in [0.25, 0.3) is 5.76 Å². The van der Waals surface area contributed by atoms with Crippen LogP contribution in [0, 0.1) is 5.82 Å². The number of amides is 1. The lowest BCUT2D eigenvalue weighted by molar-refractivity contribution is -0.139. The van der Waals surface area contributed by atoms with Crippen LogP contribution in [-0.2, 0) is 16.0 Å². The van der Waals surface area contributed by atoms with Gasteiger partial charge in [0.1, 0.15) is 17.3 Å². The minimum Gasteiger partial charge on any atom is -0.507 e. The average Bonchev–Trinajstić information content (AvgIpc) is 3.09. The normalized spacial score (nSPS) is 17.4. The van der Waals surface area contributed by atoms with E-state index in [4.69, 9.17) is 4.74 Å². The van der Waals surface area contributed by atoms with Crippen molar-refractivity contribution in [2.45, 2.75) is 19.4 Å². The molecule has 1 saturated heterocycles. The number of aliphatic hydroxyl groups excluding tert-OH is 1. The van der Waals surface area contributed by atoms with Gasteiger partial charge in [-0.2, -0.15) is 0 Å². The zero-order valence-electron chi connectivity index (χ0n) is 18.2. The van der Waals surface area contributed by atoms with Crippen LogP contribution in [0.15, 0.2) is 84.4 Å². The number of rotatable bonds is 7. The van der Waals surface area contributed by atoms with E-state index in [-0.39, 0.29) is 17.9 Å². The second-order valence-electron chi connectivity index (χ2n) is 7.74. The van der Waals surface area contributed by atoms with Crippen LogP contribution in [0.3, 0.4) is 0 Å². The SMILES string of the molecule is CCOc1ccc(/C(O)=C2\C(=O)C(=O)N(CCc3ccccc3)C2c2ccc(F)cc2)cc1. The molecule has 1 atom stereocenters. The van der Waals surface area contributed by atoms with Gasteiger partial charge in [0.05, 0.1) is 18.2 Å². The molecule has 168 valence electrons. The second kappa shape index (κ2) is 9.69. The van der Waals surface area contributed by atoms with Gasteiger partial charge in [0.2, 0.25) is 0 Å². The first-order chi connectivity index (χ1) is 16.0. The number of ether oxygens (including phenoxy) is 1. The molecule has 1 aliphatic heterocycles. The van der Waals surface area contributed by atoms with Crippen LogP contribution in [0.1, 0.15) is 29.7 Å². The summed E-state index contributed by atoms with van der Waals surface area (Å²) in [5, 5.41) is 11.1. The summed E-state index contributed by atoms with van der Waals surface area (Å²) in [4.78, 5) is 27.5. The van der Waals surface area contributed by atoms with Gasteiger partial charge in [-0.15, -0.1) is 0 Å². The molecular weight excluding hydrogens is 421 g/mol. The lowest BCUT2D eigenvalue weighted by atomic mass is 9.95. The quantitative estimate of drug-likeness (QED) is 0.320. The van der Waals surface area contributed by atoms with Gasteiger partial charge < -0.3 is 14.7 Å². The standard InChI is InChI=1S/C27H24FNO4/c1-2-33-22-14-10-20(11-15-22)25(30)23-24(19-8-12-21(28)13-9-19)29(27(32)26(23)31)17-16-18-6-4-3-5-7-18/h3-15,24,30H,2,16-17H2,1H3/b25-23+. The van der Waals surface area contributed by atoms with Crippen molar-refractivity contribution in [3.63, 3.8) is 0 Å². The summed E-state index contributed by atoms with van der Waals surface area (Å²) in [7, 11) is 0. The van der Waals surface area contributed by atoms with Gasteiger partial charge in [-0.1, -0.05) is 42.5 Å². The third-order valence-electron chi connectivity index (χ3n) is 5.65. The maximum atomic E-state index is 13.6. The minimum atomic E-state index is -0.819. The van der Waals surface area contributed by atoms with Crippen LogP contribution in [-0.4, -0.2) is 34.8 Å². The van der Waals surface area contributed by atoms with E-state index in [9.17, 15) is 19.1 Å². The molecule has 6 heteroatoms. The monoisotopic (exact) mass is 445 g/mol. The number of Topliss-reactive ketones (excluding diaryl/α,β-unsaturated/α-hetero) is 1. The Morgan fingerprint density at radius 1 is 0.970 bits per heavy atom. The Bertz CT molecular complexity index is 1170. The smallest absolute Gasteiger partial charge is 0.295 e. The van der Waals surface area contributed by atoms with Crippen molar-refractivity contribution in [1.82, 2.24) is 4.90 Å². The fourth-order valence-electron chi connectivity index (χ4n) is 4.03. The molecule has 3 aromatic carbocycles. The second-order valence-corrected chi connectivity index (χ2v) is 7.74. The third-order valence-corrected chi connectivity index (χ3v) is 5.65. The van der Waals surface area contributed by atoms with Gasteiger partial charge >= 0.3 is 0 Å². The van der Waals surface area contributed by atoms with Crippen molar-refractivity contribution in [1.29, 1.82) is 0 Å². The third kappa shape index (κ3) is 4.65. The number of halogens is 1. The summed E-state index contributed by atoms with van der Waals surface area (Å²) in [5.41, 5.74) is 1.95. The molecule has 5 nitrogen and oxygen atoms in total. The Morgan fingerprint density at radius 3 is 2.27 bits per heavy atom. The minimum absolute atomic E-state index is 0.0103. The Balaban J connectivity index is 1.75. The van der Waals surface area contributed by atoms with Crippen LogP contribution >= 0.6 is 0 Å². The van der Waals surface area contributed by atoms with E-state index in [2.05, 4.69) is 0 Å². The topological polar surface area (TPSA) is 66.8 Å². The molecule has 0 saturated carbocycles. The lowest BCUT2D eigenvalue weighted by Crippen LogP contribution is -2.31. The number of carbonyl (C=O) groups is 2. The van der Waals surface area contributed by atoms with E-state index in [0.717, 1.165) is 5.56 Å². The zero-order chi connectivity index (χ0) is 23.4. The molecule has 1 aliphatic rings. The maximum absolute atomic E-state index is 13.6. The number of nitrogens with zero attached hydrogens (tertiary/aromatic N) is 1. The highest BCUT2D eigenvalue weighted by Gasteiger charge is 2.45. The van der Waals surface area contributed by atoms with Crippen LogP contribution in [0.2, 0.25) is 0 Å². The Labute approximate surface area is 191 Å². The Kier molecular flexibility index (Phi) is 6.54. The molecule has 1 N–H and O–H groups in total. The molecule has 1 unspecified atom stereocenters. The largest absolute Gasteiger partial charge is 0.507 e. The predicted octanol–water partition coefficient (Wildman–Crippen LogP) is 4.89. The van der Waals surface area contributed by atoms with Gasteiger partial charge in [0.25, 0.3) is 11.7 Å². The Hall–Kier alpha value is -3.93. The molecular formula is C27H24FNO4. The molecule has 1 heterocycles. The summed E-state index contributed by atoms with van der Waals surface area (Å²) in [5.74, 6) is -1.51. The van der Waals surface area contributed by atoms with Crippen molar-refractivity contribution in [3.05, 3.63) is 107 Å². The number of aliphatic hydroxyl groups is 1. The summed E-state index contributed by atoms with van der Waals surface area (Å²) >= 11 is 0. The van der Waals surface area contributed by atoms with Gasteiger partial charge in [-0.05, 0) is 60.9 Å². The van der Waals surface area contributed by atoms with E-state index in [0.29, 0.717) is 29.9 Å². The van der Waals surface area contributed by atoms with E-state index < -0.39 is 23.5 Å². The molecule has 1 amide bonds. The molecule has 0 radical (unpaired) electrons. The predicted molar refractivity (Wildman–Crippen MR) is 123 cm³/mol. The number of ketones is 1. The summed E-state index contributed by atoms with van der Waals surface area (Å²) in [6.07, 6.45) is 0.536. The van der Waals surface area contributed by atoms with Crippen molar-refractivity contribution in [2.75, 3.05) is 13.2 Å². The molecule has 1 fully saturated rings. The highest BCUT2D eigenvalue weighted by Crippen LogP contribution is 2.39. The number of likely N-dealkylation sites (tertiary alicyclic amines) is 1. The highest BCUT2D eigenvalue weighted by atomic mass is 19.1. The van der Waals surface area contributed by atoms with Crippen LogP contribution in [0.4, 0.5) is 4.39 Å². The van der Waals surface area contributed by atoms with Crippen LogP contribution in [0.5, 0.6) is 5.75 Å². The maximum Gasteiger partial charge on any atom is 0.295 e. The highest BCUT2D eigenvalue weighted by molar-refractivity contribution is 6.46. The van der Waals surface area contributed by atoms with E-state index >= 15 is 0 Å². The van der Waals surface area contributed by atoms with Crippen molar-refractivity contribution < 1.29 is 23.8 Å². The number of benzene rings is 3. The lowest BCUT2D eigenvalue weighted by Gasteiger charge is -2.25. The fourth-order valence-corrected chi connectivity index (χ4v) is 4.03. The van der Waals surface area contributed by atoms with Crippen molar-refractivity contribution >= 4 is 17.4 Å². The summed E-state index contributed by atoms with van der Waals surface area (Å²) in [6, 6.07) is 21.1. The van der Waals surface area contributed by atoms with Gasteiger partial charge in [0, 0.05) is 12.1 Å². The molecule has 33 heavy (non-hydrogen) atoms. The first-order valence-corrected chi connectivity index (χ1v) is 10.8. The molecule has 3 aromatic rings. The van der Waals surface area contributed by atoms with Gasteiger partial charge in [-0.25, -0.2) is 4.39 Å². The molecule has 4 rings (SSSR count). The zero-order valence-corrected chi connectivity index (χ0v) is 18.2. The molecule has 0 aliphatic carbocycles. The first-order valence-electron chi connectivity index (χ1n) is 10.8. The summed E-state index contributed by atoms with van der Waals surface area (Å²) in [6.45, 7) is 2.65. The van der Waals surface area contributed by atoms with Gasteiger partial charge in [0.15, 0.2) is 0 Å². The molecule has 0 bridgehead atoms. The van der Waals surface area contributed by atoms with Crippen molar-refractivity contribution in [3.8, 4) is 5.75 Å². The average molecular weight is 445 g/mol. The van der Waals surface area contributed by atoms with Crippen LogP contribution < -0.4 is 4.74 Å². The first kappa shape index (κ1) is 22.3. The number of hydrogen-bond acceptors (Lipinski definition) is 4. The molecule has 0 spiro atoms. The molecule has 0 aromatic heterocycles. The number of carbonyl (C=O) groups excluding carboxylic acids is 2. The van der Waals surface area contributed by atoms with Crippen molar-refractivity contribution in [2.24, 2.45) is 0 Å². The van der Waals surface area contributed by atoms with E-state index in [1.807, 2.05) is 37.3 Å². The Morgan fingerprint density at radius 2 is 1.64 bits per heavy atom. The van der Waals surface area contributed by atoms with E-state index in [1.54, 1.807) is 24.3 Å². The summed E-state index contributed by atoms with van der Waals surface area (Å²) < 4.78 is 19.0. The van der Waals surface area contributed by atoms with E-state index in [1.165, 1.54) is 29.2 Å². The number of hydrogen-bond donors (Lipinski definition) is 1.